The van der Waals surface area contributed by atoms with Gasteiger partial charge < -0.3 is 114 Å². The number of allylic oxidation sites excluding steroid dienone is 1. The molecular formula is C55H94O23. The van der Waals surface area contributed by atoms with E-state index < -0.39 is 166 Å². The van der Waals surface area contributed by atoms with E-state index in [4.69, 9.17) is 37.9 Å². The topological polar surface area (TPSA) is 377 Å². The minimum Gasteiger partial charge on any atom is -0.396 e. The highest BCUT2D eigenvalue weighted by Crippen LogP contribution is 2.75. The molecule has 0 spiro atoms. The third kappa shape index (κ3) is 11.3. The van der Waals surface area contributed by atoms with Crippen LogP contribution in [-0.2, 0) is 37.9 Å². The van der Waals surface area contributed by atoms with E-state index in [0.717, 1.165) is 38.5 Å². The van der Waals surface area contributed by atoms with E-state index >= 15 is 0 Å². The first-order chi connectivity index (χ1) is 36.5. The monoisotopic (exact) mass is 1120 g/mol. The van der Waals surface area contributed by atoms with Crippen molar-refractivity contribution in [1.82, 2.24) is 0 Å². The summed E-state index contributed by atoms with van der Waals surface area (Å²) in [5.74, 6) is 1.07. The molecule has 0 aromatic carbocycles. The van der Waals surface area contributed by atoms with E-state index in [1.165, 1.54) is 5.57 Å². The fourth-order valence-corrected chi connectivity index (χ4v) is 15.8. The van der Waals surface area contributed by atoms with E-state index in [-0.39, 0.29) is 47.0 Å². The predicted octanol–water partition coefficient (Wildman–Crippen LogP) is -1.81. The van der Waals surface area contributed by atoms with Gasteiger partial charge in [-0.05, 0) is 118 Å². The zero-order chi connectivity index (χ0) is 57.4. The summed E-state index contributed by atoms with van der Waals surface area (Å²) in [6, 6.07) is 0. The molecule has 7 fully saturated rings. The van der Waals surface area contributed by atoms with Crippen molar-refractivity contribution in [2.24, 2.45) is 45.3 Å². The molecule has 78 heavy (non-hydrogen) atoms. The fourth-order valence-electron chi connectivity index (χ4n) is 15.8. The van der Waals surface area contributed by atoms with Crippen LogP contribution in [0.3, 0.4) is 0 Å². The van der Waals surface area contributed by atoms with E-state index in [1.807, 2.05) is 0 Å². The lowest BCUT2D eigenvalue weighted by molar-refractivity contribution is -0.380. The van der Waals surface area contributed by atoms with Gasteiger partial charge in [0.1, 0.15) is 91.6 Å². The maximum absolute atomic E-state index is 11.8. The zero-order valence-corrected chi connectivity index (χ0v) is 46.5. The summed E-state index contributed by atoms with van der Waals surface area (Å²) in [7, 11) is 0. The van der Waals surface area contributed by atoms with Gasteiger partial charge in [0.2, 0.25) is 0 Å². The summed E-state index contributed by atoms with van der Waals surface area (Å²) in [6.07, 6.45) is -23.5. The van der Waals surface area contributed by atoms with Gasteiger partial charge in [0.15, 0.2) is 25.2 Å². The predicted molar refractivity (Wildman–Crippen MR) is 271 cm³/mol. The van der Waals surface area contributed by atoms with Crippen molar-refractivity contribution in [2.45, 2.75) is 260 Å². The van der Waals surface area contributed by atoms with Crippen molar-refractivity contribution < 1.29 is 114 Å². The van der Waals surface area contributed by atoms with Crippen molar-refractivity contribution in [3.05, 3.63) is 11.6 Å². The molecule has 29 atom stereocenters. The lowest BCUT2D eigenvalue weighted by atomic mass is 9.39. The number of ether oxygens (including phenoxy) is 8. The second-order valence-corrected chi connectivity index (χ2v) is 26.1. The standard InChI is InChI=1S/C55H94O23/c1-24(25-15-17-55(8)32-12-10-26-27(53(32,6)18-19-54(25,55)7)11-14-33(51(26,2)3)76-48-44(68)40(64)36(60)29(21-57)73-48)9-13-34(52(4,5)70)77-50-46(78-49-45(69)41(65)37(61)30(22-58)74-49)42(66)38(62)31(75-50)23-71-47-43(67)39(63)35(59)28(72-47)16-20-56/h10,24-25,27-50,56-70H,9,11-23H2,1-8H3/t24?,25?,27?,28-,29-,30-,31-,32?,33+,34?,35-,36-,37-,38-,39+,40+,41+,42+,43-,44-,45-,46-,47-,48+,49+,50+,53?,54?,55?/m1/s1. The summed E-state index contributed by atoms with van der Waals surface area (Å²) in [5, 5.41) is 160. The van der Waals surface area contributed by atoms with Crippen LogP contribution < -0.4 is 0 Å². The molecule has 0 amide bonds. The first kappa shape index (κ1) is 62.9. The normalized spacial score (nSPS) is 50.5. The lowest BCUT2D eigenvalue weighted by Gasteiger charge is -2.66. The van der Waals surface area contributed by atoms with Gasteiger partial charge in [0, 0.05) is 12.0 Å². The molecule has 8 unspecified atom stereocenters. The van der Waals surface area contributed by atoms with Gasteiger partial charge in [-0.1, -0.05) is 53.2 Å². The molecule has 4 aliphatic carbocycles. The van der Waals surface area contributed by atoms with Gasteiger partial charge >= 0.3 is 0 Å². The van der Waals surface area contributed by atoms with Crippen LogP contribution in [0.1, 0.15) is 120 Å². The quantitative estimate of drug-likeness (QED) is 0.0673. The van der Waals surface area contributed by atoms with Crippen molar-refractivity contribution in [2.75, 3.05) is 26.4 Å². The molecule has 0 aromatic heterocycles. The minimum atomic E-state index is -1.91. The van der Waals surface area contributed by atoms with Crippen molar-refractivity contribution in [3.8, 4) is 0 Å². The van der Waals surface area contributed by atoms with E-state index in [9.17, 15) is 76.6 Å². The Morgan fingerprint density at radius 2 is 1.13 bits per heavy atom. The van der Waals surface area contributed by atoms with Crippen molar-refractivity contribution in [1.29, 1.82) is 0 Å². The molecule has 0 radical (unpaired) electrons. The Kier molecular flexibility index (Phi) is 19.4. The summed E-state index contributed by atoms with van der Waals surface area (Å²) in [6.45, 7) is 14.7. The number of hydrogen-bond donors (Lipinski definition) is 15. The van der Waals surface area contributed by atoms with Crippen molar-refractivity contribution >= 4 is 0 Å². The average molecular weight is 1120 g/mol. The van der Waals surface area contributed by atoms with Gasteiger partial charge in [0.25, 0.3) is 0 Å². The fraction of sp³-hybridized carbons (Fsp3) is 0.964. The van der Waals surface area contributed by atoms with E-state index in [2.05, 4.69) is 47.6 Å². The summed E-state index contributed by atoms with van der Waals surface area (Å²) in [4.78, 5) is 0. The molecule has 8 rings (SSSR count). The van der Waals surface area contributed by atoms with Crippen LogP contribution in [0.25, 0.3) is 0 Å². The average Bonchev–Trinajstić information content (AvgIpc) is 3.69. The largest absolute Gasteiger partial charge is 0.396 e. The van der Waals surface area contributed by atoms with Gasteiger partial charge in [-0.25, -0.2) is 0 Å². The summed E-state index contributed by atoms with van der Waals surface area (Å²) < 4.78 is 48.2. The van der Waals surface area contributed by atoms with Gasteiger partial charge in [-0.15, -0.1) is 0 Å². The molecule has 452 valence electrons. The van der Waals surface area contributed by atoms with Crippen LogP contribution >= 0.6 is 0 Å². The van der Waals surface area contributed by atoms with Crippen LogP contribution in [-0.4, -0.2) is 244 Å². The molecule has 0 bridgehead atoms. The second-order valence-electron chi connectivity index (χ2n) is 26.1. The molecule has 4 heterocycles. The first-order valence-corrected chi connectivity index (χ1v) is 28.4. The van der Waals surface area contributed by atoms with E-state index in [0.29, 0.717) is 24.7 Å². The number of rotatable bonds is 18. The van der Waals surface area contributed by atoms with Crippen LogP contribution in [0.15, 0.2) is 11.6 Å². The Morgan fingerprint density at radius 3 is 1.71 bits per heavy atom. The second kappa shape index (κ2) is 24.1. The smallest absolute Gasteiger partial charge is 0.187 e. The SMILES string of the molecule is CC(CCC(O[C@@H]1O[C@H](CO[C@@H]2O[C@H](CCO)[C@@H](O)[C@H](O)[C@H]2O)[C@@H](O)[C@H](O)[C@H]1O[C@@H]1O[C@H](CO)[C@@H](O)[C@H](O)[C@H]1O)C(C)(C)O)C1CCC2(C)C3CC=C4C(CC[C@H](O[C@@H]5O[C@H](CO)[C@@H](O)[C@H](O)[C@H]5O)C4(C)C)C3(C)CCC12C. The zero-order valence-electron chi connectivity index (χ0n) is 46.5. The first-order valence-electron chi connectivity index (χ1n) is 28.4. The highest BCUT2D eigenvalue weighted by atomic mass is 16.8. The molecule has 23 nitrogen and oxygen atoms in total. The Morgan fingerprint density at radius 1 is 0.590 bits per heavy atom. The van der Waals surface area contributed by atoms with Gasteiger partial charge in [-0.3, -0.25) is 0 Å². The highest BCUT2D eigenvalue weighted by molar-refractivity contribution is 5.30. The Hall–Kier alpha value is -1.18. The molecule has 15 N–H and O–H groups in total. The van der Waals surface area contributed by atoms with E-state index in [1.54, 1.807) is 13.8 Å². The van der Waals surface area contributed by atoms with Gasteiger partial charge in [0.05, 0.1) is 43.7 Å². The molecule has 23 heteroatoms. The molecule has 4 aliphatic heterocycles. The van der Waals surface area contributed by atoms with Crippen LogP contribution in [0.5, 0.6) is 0 Å². The molecule has 3 saturated carbocycles. The number of hydrogen-bond acceptors (Lipinski definition) is 23. The number of aliphatic hydroxyl groups excluding tert-OH is 14. The summed E-state index contributed by atoms with van der Waals surface area (Å²) >= 11 is 0. The third-order valence-corrected chi connectivity index (χ3v) is 21.0. The molecule has 8 aliphatic rings. The Balaban J connectivity index is 0.974. The van der Waals surface area contributed by atoms with Crippen LogP contribution in [0.4, 0.5) is 0 Å². The lowest BCUT2D eigenvalue weighted by Crippen LogP contribution is -2.65. The van der Waals surface area contributed by atoms with Crippen LogP contribution in [0, 0.1) is 45.3 Å². The van der Waals surface area contributed by atoms with Gasteiger partial charge in [-0.2, -0.15) is 0 Å². The van der Waals surface area contributed by atoms with Crippen LogP contribution in [0.2, 0.25) is 0 Å². The number of aliphatic hydroxyl groups is 15. The minimum absolute atomic E-state index is 0.0216. The maximum Gasteiger partial charge on any atom is 0.187 e. The Bertz CT molecular complexity index is 2010. The third-order valence-electron chi connectivity index (χ3n) is 21.0. The molecule has 4 saturated heterocycles. The Labute approximate surface area is 457 Å². The summed E-state index contributed by atoms with van der Waals surface area (Å²) in [5.41, 5.74) is -0.787. The molecule has 0 aromatic rings. The molecular weight excluding hydrogens is 1030 g/mol. The maximum atomic E-state index is 11.8. The highest BCUT2D eigenvalue weighted by Gasteiger charge is 2.68. The number of fused-ring (bicyclic) bond motifs is 5. The van der Waals surface area contributed by atoms with Crippen molar-refractivity contribution in [3.63, 3.8) is 0 Å².